The number of ether oxygens (including phenoxy) is 2. The Kier molecular flexibility index (Phi) is 6.50. The summed E-state index contributed by atoms with van der Waals surface area (Å²) in [6.45, 7) is 3.01. The van der Waals surface area contributed by atoms with E-state index < -0.39 is 23.1 Å². The topological polar surface area (TPSA) is 54.0 Å². The third-order valence-corrected chi connectivity index (χ3v) is 6.37. The van der Waals surface area contributed by atoms with Gasteiger partial charge in [-0.05, 0) is 54.1 Å². The van der Waals surface area contributed by atoms with Gasteiger partial charge in [0.05, 0.1) is 6.04 Å². The molecule has 0 bridgehead atoms. The fourth-order valence-electron chi connectivity index (χ4n) is 4.51. The van der Waals surface area contributed by atoms with E-state index in [-0.39, 0.29) is 25.2 Å². The minimum absolute atomic E-state index is 0.142. The molecular formula is C26H24F3N3O3. The number of carbonyl (C=O) groups is 1. The Bertz CT molecular complexity index is 1190. The molecule has 1 N–H and O–H groups in total. The summed E-state index contributed by atoms with van der Waals surface area (Å²) in [5.74, 6) is -1.64. The van der Waals surface area contributed by atoms with E-state index in [9.17, 15) is 18.0 Å². The zero-order chi connectivity index (χ0) is 24.4. The number of hydrogen-bond donors (Lipinski definition) is 1. The Morgan fingerprint density at radius 1 is 0.886 bits per heavy atom. The maximum absolute atomic E-state index is 14.1. The lowest BCUT2D eigenvalue weighted by molar-refractivity contribution is 0.0921. The highest BCUT2D eigenvalue weighted by Crippen LogP contribution is 2.36. The van der Waals surface area contributed by atoms with Crippen LogP contribution in [0.25, 0.3) is 0 Å². The van der Waals surface area contributed by atoms with Crippen molar-refractivity contribution in [1.82, 2.24) is 10.2 Å². The molecule has 2 heterocycles. The third-order valence-electron chi connectivity index (χ3n) is 6.37. The maximum Gasteiger partial charge on any atom is 0.257 e. The van der Waals surface area contributed by atoms with Crippen molar-refractivity contribution in [2.24, 2.45) is 0 Å². The minimum atomic E-state index is -0.907. The van der Waals surface area contributed by atoms with Crippen molar-refractivity contribution in [1.29, 1.82) is 0 Å². The van der Waals surface area contributed by atoms with Crippen LogP contribution in [0.15, 0.2) is 60.7 Å². The largest absolute Gasteiger partial charge is 0.454 e. The van der Waals surface area contributed by atoms with Crippen LogP contribution in [0.3, 0.4) is 0 Å². The smallest absolute Gasteiger partial charge is 0.257 e. The van der Waals surface area contributed by atoms with Gasteiger partial charge in [-0.1, -0.05) is 12.1 Å². The lowest BCUT2D eigenvalue weighted by Gasteiger charge is -2.40. The molecule has 35 heavy (non-hydrogen) atoms. The Morgan fingerprint density at radius 3 is 2.29 bits per heavy atom. The summed E-state index contributed by atoms with van der Waals surface area (Å²) in [5.41, 5.74) is 1.23. The molecule has 1 fully saturated rings. The Hall–Kier alpha value is -3.72. The first-order valence-corrected chi connectivity index (χ1v) is 11.4. The standard InChI is InChI=1S/C26H24F3N3O3/c27-18-5-7-19(8-6-18)31-10-12-32(13-11-31)22(17-4-9-23-24(14-17)35-16-34-23)15-30-26(33)25-20(28)2-1-3-21(25)29/h1-9,14,22H,10-13,15-16H2,(H,30,33)/t22-/m0/s1. The van der Waals surface area contributed by atoms with Crippen molar-refractivity contribution >= 4 is 11.6 Å². The average molecular weight is 483 g/mol. The zero-order valence-electron chi connectivity index (χ0n) is 18.8. The molecule has 2 aliphatic rings. The second kappa shape index (κ2) is 9.87. The highest BCUT2D eigenvalue weighted by Gasteiger charge is 2.28. The number of nitrogens with zero attached hydrogens (tertiary/aromatic N) is 2. The van der Waals surface area contributed by atoms with E-state index >= 15 is 0 Å². The van der Waals surface area contributed by atoms with E-state index in [1.807, 2.05) is 18.2 Å². The fourth-order valence-corrected chi connectivity index (χ4v) is 4.51. The number of benzene rings is 3. The van der Waals surface area contributed by atoms with E-state index in [1.165, 1.54) is 18.2 Å². The molecule has 1 amide bonds. The van der Waals surface area contributed by atoms with Gasteiger partial charge in [-0.3, -0.25) is 9.69 Å². The quantitative estimate of drug-likeness (QED) is 0.572. The molecule has 3 aromatic rings. The van der Waals surface area contributed by atoms with Gasteiger partial charge in [0, 0.05) is 38.4 Å². The van der Waals surface area contributed by atoms with Gasteiger partial charge in [0.2, 0.25) is 6.79 Å². The van der Waals surface area contributed by atoms with E-state index in [4.69, 9.17) is 9.47 Å². The summed E-state index contributed by atoms with van der Waals surface area (Å²) in [6.07, 6.45) is 0. The predicted molar refractivity (Wildman–Crippen MR) is 124 cm³/mol. The average Bonchev–Trinajstić information content (AvgIpc) is 3.33. The van der Waals surface area contributed by atoms with E-state index in [0.29, 0.717) is 37.7 Å². The highest BCUT2D eigenvalue weighted by atomic mass is 19.1. The van der Waals surface area contributed by atoms with E-state index in [0.717, 1.165) is 23.4 Å². The summed E-state index contributed by atoms with van der Waals surface area (Å²) >= 11 is 0. The monoisotopic (exact) mass is 483 g/mol. The number of carbonyl (C=O) groups excluding carboxylic acids is 1. The molecule has 1 atom stereocenters. The number of hydrogen-bond acceptors (Lipinski definition) is 5. The summed E-state index contributed by atoms with van der Waals surface area (Å²) in [7, 11) is 0. The van der Waals surface area contributed by atoms with Crippen LogP contribution in [0.4, 0.5) is 18.9 Å². The number of fused-ring (bicyclic) bond motifs is 1. The number of halogens is 3. The highest BCUT2D eigenvalue weighted by molar-refractivity contribution is 5.94. The lowest BCUT2D eigenvalue weighted by atomic mass is 10.0. The molecular weight excluding hydrogens is 459 g/mol. The second-order valence-corrected chi connectivity index (χ2v) is 8.43. The van der Waals surface area contributed by atoms with Crippen molar-refractivity contribution in [3.05, 3.63) is 89.2 Å². The molecule has 5 rings (SSSR count). The first kappa shape index (κ1) is 23.0. The summed E-state index contributed by atoms with van der Waals surface area (Å²) in [4.78, 5) is 17.0. The first-order chi connectivity index (χ1) is 17.0. The van der Waals surface area contributed by atoms with Gasteiger partial charge in [0.15, 0.2) is 11.5 Å². The van der Waals surface area contributed by atoms with Crippen LogP contribution in [0.2, 0.25) is 0 Å². The molecule has 0 spiro atoms. The van der Waals surface area contributed by atoms with Crippen LogP contribution in [0, 0.1) is 17.5 Å². The normalized spacial score (nSPS) is 16.3. The van der Waals surface area contributed by atoms with Gasteiger partial charge in [-0.15, -0.1) is 0 Å². The molecule has 2 aliphatic heterocycles. The third kappa shape index (κ3) is 4.90. The fraction of sp³-hybridized carbons (Fsp3) is 0.269. The molecule has 1 saturated heterocycles. The second-order valence-electron chi connectivity index (χ2n) is 8.43. The van der Waals surface area contributed by atoms with Crippen LogP contribution >= 0.6 is 0 Å². The summed E-state index contributed by atoms with van der Waals surface area (Å²) < 4.78 is 52.5. The van der Waals surface area contributed by atoms with Crippen LogP contribution in [-0.4, -0.2) is 50.3 Å². The molecule has 0 radical (unpaired) electrons. The Morgan fingerprint density at radius 2 is 1.57 bits per heavy atom. The summed E-state index contributed by atoms with van der Waals surface area (Å²) in [6, 6.07) is 15.0. The number of piperazine rings is 1. The number of nitrogens with one attached hydrogen (secondary N) is 1. The van der Waals surface area contributed by atoms with Crippen molar-refractivity contribution in [3.63, 3.8) is 0 Å². The molecule has 3 aromatic carbocycles. The SMILES string of the molecule is O=C(NC[C@@H](c1ccc2c(c1)OCO2)N1CCN(c2ccc(F)cc2)CC1)c1c(F)cccc1F. The predicted octanol–water partition coefficient (Wildman–Crippen LogP) is 4.13. The van der Waals surface area contributed by atoms with Crippen LogP contribution in [-0.2, 0) is 0 Å². The van der Waals surface area contributed by atoms with Crippen molar-refractivity contribution in [2.75, 3.05) is 44.4 Å². The van der Waals surface area contributed by atoms with Gasteiger partial charge in [0.25, 0.3) is 5.91 Å². The van der Waals surface area contributed by atoms with Crippen LogP contribution in [0.1, 0.15) is 22.0 Å². The summed E-state index contributed by atoms with van der Waals surface area (Å²) in [5, 5.41) is 2.71. The van der Waals surface area contributed by atoms with Crippen LogP contribution < -0.4 is 19.7 Å². The molecule has 9 heteroatoms. The van der Waals surface area contributed by atoms with Gasteiger partial charge < -0.3 is 19.7 Å². The van der Waals surface area contributed by atoms with Crippen LogP contribution in [0.5, 0.6) is 11.5 Å². The molecule has 0 saturated carbocycles. The Labute approximate surface area is 200 Å². The first-order valence-electron chi connectivity index (χ1n) is 11.4. The lowest BCUT2D eigenvalue weighted by Crippen LogP contribution is -2.50. The van der Waals surface area contributed by atoms with Gasteiger partial charge >= 0.3 is 0 Å². The van der Waals surface area contributed by atoms with Gasteiger partial charge in [0.1, 0.15) is 23.0 Å². The zero-order valence-corrected chi connectivity index (χ0v) is 18.8. The van der Waals surface area contributed by atoms with Crippen molar-refractivity contribution in [2.45, 2.75) is 6.04 Å². The van der Waals surface area contributed by atoms with Crippen molar-refractivity contribution in [3.8, 4) is 11.5 Å². The minimum Gasteiger partial charge on any atom is -0.454 e. The van der Waals surface area contributed by atoms with E-state index in [1.54, 1.807) is 12.1 Å². The molecule has 0 aromatic heterocycles. The number of rotatable bonds is 6. The molecule has 182 valence electrons. The molecule has 0 aliphatic carbocycles. The van der Waals surface area contributed by atoms with Gasteiger partial charge in [-0.25, -0.2) is 13.2 Å². The Balaban J connectivity index is 1.34. The van der Waals surface area contributed by atoms with Crippen molar-refractivity contribution < 1.29 is 27.4 Å². The van der Waals surface area contributed by atoms with Gasteiger partial charge in [-0.2, -0.15) is 0 Å². The number of amides is 1. The van der Waals surface area contributed by atoms with E-state index in [2.05, 4.69) is 15.1 Å². The maximum atomic E-state index is 14.1. The number of anilines is 1. The molecule has 0 unspecified atom stereocenters. The molecule has 6 nitrogen and oxygen atoms in total.